The van der Waals surface area contributed by atoms with Gasteiger partial charge in [0.2, 0.25) is 0 Å². The highest BCUT2D eigenvalue weighted by atomic mass is 19.1. The number of hydrogen-bond donors (Lipinski definition) is 1. The van der Waals surface area contributed by atoms with E-state index < -0.39 is 0 Å². The number of anilines is 2. The molecule has 0 bridgehead atoms. The van der Waals surface area contributed by atoms with Gasteiger partial charge in [0.1, 0.15) is 11.6 Å². The number of aliphatic hydroxyl groups is 1. The SMILES string of the molecule is Cn1c2c(c3ccc(F)cc31)CN(c1ccc(N3CCC(O)CC3)nc1)CC2. The molecule has 0 aliphatic carbocycles. The molecule has 1 aromatic carbocycles. The standard InChI is InChI=1S/C22H25FN4O/c1-25-20-8-11-27(14-19(20)18-4-2-15(23)12-21(18)25)16-3-5-22(24-13-16)26-9-6-17(28)7-10-26/h2-5,12-13,17,28H,6-11,14H2,1H3. The maximum atomic E-state index is 13.7. The zero-order chi connectivity index (χ0) is 19.3. The second-order valence-corrected chi connectivity index (χ2v) is 7.91. The Balaban J connectivity index is 1.39. The van der Waals surface area contributed by atoms with Gasteiger partial charge >= 0.3 is 0 Å². The van der Waals surface area contributed by atoms with E-state index in [2.05, 4.69) is 31.5 Å². The lowest BCUT2D eigenvalue weighted by atomic mass is 10.0. The third-order valence-electron chi connectivity index (χ3n) is 6.25. The summed E-state index contributed by atoms with van der Waals surface area (Å²) in [5, 5.41) is 10.8. The molecule has 5 rings (SSSR count). The van der Waals surface area contributed by atoms with E-state index in [9.17, 15) is 9.50 Å². The van der Waals surface area contributed by atoms with Gasteiger partial charge in [-0.2, -0.15) is 0 Å². The summed E-state index contributed by atoms with van der Waals surface area (Å²) in [5.74, 6) is 0.793. The summed E-state index contributed by atoms with van der Waals surface area (Å²) in [4.78, 5) is 9.27. The lowest BCUT2D eigenvalue weighted by Gasteiger charge is -2.32. The van der Waals surface area contributed by atoms with E-state index in [1.807, 2.05) is 19.3 Å². The summed E-state index contributed by atoms with van der Waals surface area (Å²) in [6.07, 6.45) is 4.33. The first-order chi connectivity index (χ1) is 13.6. The minimum Gasteiger partial charge on any atom is -0.393 e. The Kier molecular flexibility index (Phi) is 4.23. The van der Waals surface area contributed by atoms with Crippen LogP contribution in [-0.2, 0) is 20.0 Å². The third kappa shape index (κ3) is 2.92. The average molecular weight is 380 g/mol. The Morgan fingerprint density at radius 2 is 1.89 bits per heavy atom. The maximum absolute atomic E-state index is 13.7. The fourth-order valence-corrected chi connectivity index (χ4v) is 4.61. The monoisotopic (exact) mass is 380 g/mol. The molecule has 28 heavy (non-hydrogen) atoms. The quantitative estimate of drug-likeness (QED) is 0.741. The number of benzene rings is 1. The first-order valence-corrected chi connectivity index (χ1v) is 10.00. The van der Waals surface area contributed by atoms with Crippen LogP contribution in [0.1, 0.15) is 24.1 Å². The largest absolute Gasteiger partial charge is 0.393 e. The molecule has 2 aromatic heterocycles. The van der Waals surface area contributed by atoms with E-state index in [-0.39, 0.29) is 11.9 Å². The Morgan fingerprint density at radius 3 is 2.64 bits per heavy atom. The minimum absolute atomic E-state index is 0.174. The van der Waals surface area contributed by atoms with Crippen molar-refractivity contribution in [3.05, 3.63) is 53.6 Å². The van der Waals surface area contributed by atoms with Crippen molar-refractivity contribution in [3.63, 3.8) is 0 Å². The third-order valence-corrected chi connectivity index (χ3v) is 6.25. The van der Waals surface area contributed by atoms with Crippen LogP contribution < -0.4 is 9.80 Å². The maximum Gasteiger partial charge on any atom is 0.128 e. The first kappa shape index (κ1) is 17.5. The molecule has 1 saturated heterocycles. The zero-order valence-electron chi connectivity index (χ0n) is 16.1. The number of hydrogen-bond acceptors (Lipinski definition) is 4. The van der Waals surface area contributed by atoms with Gasteiger partial charge in [-0.15, -0.1) is 0 Å². The number of piperidine rings is 1. The molecular formula is C22H25FN4O. The molecule has 4 heterocycles. The highest BCUT2D eigenvalue weighted by molar-refractivity contribution is 5.86. The normalized spacial score (nSPS) is 18.0. The number of aliphatic hydroxyl groups excluding tert-OH is 1. The summed E-state index contributed by atoms with van der Waals surface area (Å²) in [6.45, 7) is 3.45. The van der Waals surface area contributed by atoms with Crippen molar-refractivity contribution >= 4 is 22.4 Å². The lowest BCUT2D eigenvalue weighted by Crippen LogP contribution is -2.36. The summed E-state index contributed by atoms with van der Waals surface area (Å²) < 4.78 is 15.8. The van der Waals surface area contributed by atoms with E-state index in [4.69, 9.17) is 0 Å². The van der Waals surface area contributed by atoms with Crippen molar-refractivity contribution in [1.29, 1.82) is 0 Å². The summed E-state index contributed by atoms with van der Waals surface area (Å²) in [6, 6.07) is 9.31. The van der Waals surface area contributed by atoms with Crippen LogP contribution in [0, 0.1) is 5.82 Å². The molecule has 0 unspecified atom stereocenters. The zero-order valence-corrected chi connectivity index (χ0v) is 16.1. The summed E-state index contributed by atoms with van der Waals surface area (Å²) in [7, 11) is 2.03. The highest BCUT2D eigenvalue weighted by Gasteiger charge is 2.24. The van der Waals surface area contributed by atoms with Crippen LogP contribution in [-0.4, -0.2) is 40.4 Å². The van der Waals surface area contributed by atoms with Crippen molar-refractivity contribution in [1.82, 2.24) is 9.55 Å². The Labute approximate surface area is 164 Å². The number of halogens is 1. The minimum atomic E-state index is -0.188. The van der Waals surface area contributed by atoms with E-state index >= 15 is 0 Å². The van der Waals surface area contributed by atoms with Crippen molar-refractivity contribution in [2.24, 2.45) is 7.05 Å². The lowest BCUT2D eigenvalue weighted by molar-refractivity contribution is 0.145. The van der Waals surface area contributed by atoms with Gasteiger partial charge in [-0.3, -0.25) is 0 Å². The van der Waals surface area contributed by atoms with Crippen molar-refractivity contribution in [2.45, 2.75) is 31.9 Å². The van der Waals surface area contributed by atoms with E-state index in [1.54, 1.807) is 12.1 Å². The van der Waals surface area contributed by atoms with E-state index in [0.717, 1.165) is 67.8 Å². The number of aryl methyl sites for hydroxylation is 1. The molecule has 6 heteroatoms. The predicted octanol–water partition coefficient (Wildman–Crippen LogP) is 3.24. The van der Waals surface area contributed by atoms with Crippen molar-refractivity contribution < 1.29 is 9.50 Å². The van der Waals surface area contributed by atoms with Crippen LogP contribution in [0.4, 0.5) is 15.9 Å². The molecule has 1 N–H and O–H groups in total. The highest BCUT2D eigenvalue weighted by Crippen LogP contribution is 2.33. The van der Waals surface area contributed by atoms with E-state index in [1.165, 1.54) is 11.3 Å². The molecule has 2 aliphatic rings. The van der Waals surface area contributed by atoms with Gasteiger partial charge in [-0.25, -0.2) is 9.37 Å². The molecule has 2 aliphatic heterocycles. The average Bonchev–Trinajstić information content (AvgIpc) is 3.00. The van der Waals surface area contributed by atoms with Crippen LogP contribution in [0.15, 0.2) is 36.5 Å². The van der Waals surface area contributed by atoms with Crippen LogP contribution in [0.25, 0.3) is 10.9 Å². The van der Waals surface area contributed by atoms with E-state index in [0.29, 0.717) is 0 Å². The molecule has 0 spiro atoms. The van der Waals surface area contributed by atoms with Gasteiger partial charge in [0, 0.05) is 56.3 Å². The van der Waals surface area contributed by atoms with Gasteiger partial charge in [0.15, 0.2) is 0 Å². The molecule has 0 amide bonds. The smallest absolute Gasteiger partial charge is 0.128 e. The number of fused-ring (bicyclic) bond motifs is 3. The number of rotatable bonds is 2. The van der Waals surface area contributed by atoms with Crippen LogP contribution in [0.2, 0.25) is 0 Å². The molecule has 0 saturated carbocycles. The Hall–Kier alpha value is -2.60. The topological polar surface area (TPSA) is 44.5 Å². The number of aromatic nitrogens is 2. The molecule has 1 fully saturated rings. The van der Waals surface area contributed by atoms with Crippen molar-refractivity contribution in [3.8, 4) is 0 Å². The molecular weight excluding hydrogens is 355 g/mol. The second-order valence-electron chi connectivity index (χ2n) is 7.91. The molecule has 3 aromatic rings. The fraction of sp³-hybridized carbons (Fsp3) is 0.409. The van der Waals surface area contributed by atoms with Crippen LogP contribution in [0.3, 0.4) is 0 Å². The number of nitrogens with zero attached hydrogens (tertiary/aromatic N) is 4. The van der Waals surface area contributed by atoms with Crippen molar-refractivity contribution in [2.75, 3.05) is 29.4 Å². The molecule has 146 valence electrons. The van der Waals surface area contributed by atoms with Gasteiger partial charge < -0.3 is 19.5 Å². The van der Waals surface area contributed by atoms with Gasteiger partial charge in [-0.05, 0) is 43.2 Å². The molecule has 0 radical (unpaired) electrons. The summed E-state index contributed by atoms with van der Waals surface area (Å²) >= 11 is 0. The fourth-order valence-electron chi connectivity index (χ4n) is 4.61. The van der Waals surface area contributed by atoms with Crippen LogP contribution in [0.5, 0.6) is 0 Å². The van der Waals surface area contributed by atoms with Crippen LogP contribution >= 0.6 is 0 Å². The van der Waals surface area contributed by atoms with Gasteiger partial charge in [-0.1, -0.05) is 0 Å². The molecule has 0 atom stereocenters. The Morgan fingerprint density at radius 1 is 1.07 bits per heavy atom. The summed E-state index contributed by atoms with van der Waals surface area (Å²) in [5.41, 5.74) is 4.67. The second kappa shape index (κ2) is 6.78. The van der Waals surface area contributed by atoms with Gasteiger partial charge in [0.25, 0.3) is 0 Å². The Bertz CT molecular complexity index is 1010. The first-order valence-electron chi connectivity index (χ1n) is 10.00. The van der Waals surface area contributed by atoms with Gasteiger partial charge in [0.05, 0.1) is 23.5 Å². The molecule has 5 nitrogen and oxygen atoms in total. The number of pyridine rings is 1. The predicted molar refractivity (Wildman–Crippen MR) is 109 cm³/mol.